The van der Waals surface area contributed by atoms with E-state index in [2.05, 4.69) is 5.10 Å². The summed E-state index contributed by atoms with van der Waals surface area (Å²) in [5.74, 6) is -0.792. The predicted octanol–water partition coefficient (Wildman–Crippen LogP) is 3.81. The summed E-state index contributed by atoms with van der Waals surface area (Å²) >= 11 is 0. The molecule has 1 aliphatic heterocycles. The molecule has 0 aliphatic carbocycles. The van der Waals surface area contributed by atoms with Crippen molar-refractivity contribution in [2.75, 3.05) is 5.01 Å². The number of hydrogen-bond donors (Lipinski definition) is 1. The molecule has 0 saturated heterocycles. The predicted molar refractivity (Wildman–Crippen MR) is 101 cm³/mol. The molecule has 3 aromatic rings. The maximum absolute atomic E-state index is 13.0. The number of hydrazone groups is 1. The number of nitrogens with zero attached hydrogens (tertiary/aromatic N) is 2. The van der Waals surface area contributed by atoms with Crippen molar-refractivity contribution < 1.29 is 19.1 Å². The molecule has 27 heavy (non-hydrogen) atoms. The molecule has 1 aromatic heterocycles. The van der Waals surface area contributed by atoms with Crippen LogP contribution in [0.4, 0.5) is 5.69 Å². The molecule has 1 amide bonds. The van der Waals surface area contributed by atoms with Crippen molar-refractivity contribution in [3.8, 4) is 0 Å². The van der Waals surface area contributed by atoms with Crippen LogP contribution in [0.15, 0.2) is 88.1 Å². The van der Waals surface area contributed by atoms with Gasteiger partial charge in [-0.1, -0.05) is 30.3 Å². The minimum absolute atomic E-state index is 0.143. The van der Waals surface area contributed by atoms with Crippen LogP contribution in [-0.4, -0.2) is 22.7 Å². The van der Waals surface area contributed by atoms with E-state index in [1.165, 1.54) is 23.4 Å². The zero-order valence-electron chi connectivity index (χ0n) is 14.1. The van der Waals surface area contributed by atoms with E-state index >= 15 is 0 Å². The lowest BCUT2D eigenvalue weighted by molar-refractivity contribution is -0.114. The zero-order chi connectivity index (χ0) is 18.8. The molecule has 0 spiro atoms. The van der Waals surface area contributed by atoms with E-state index in [4.69, 9.17) is 9.52 Å². The van der Waals surface area contributed by atoms with Gasteiger partial charge in [-0.3, -0.25) is 4.79 Å². The number of hydrogen-bond acceptors (Lipinski definition) is 4. The van der Waals surface area contributed by atoms with E-state index in [0.717, 1.165) is 5.56 Å². The summed E-state index contributed by atoms with van der Waals surface area (Å²) in [5, 5.41) is 14.8. The van der Waals surface area contributed by atoms with Crippen LogP contribution in [0.2, 0.25) is 0 Å². The molecule has 2 heterocycles. The van der Waals surface area contributed by atoms with Crippen LogP contribution in [0.3, 0.4) is 0 Å². The van der Waals surface area contributed by atoms with Gasteiger partial charge < -0.3 is 9.52 Å². The molecule has 0 bridgehead atoms. The van der Waals surface area contributed by atoms with Crippen molar-refractivity contribution in [1.29, 1.82) is 0 Å². The van der Waals surface area contributed by atoms with Gasteiger partial charge in [-0.05, 0) is 42.5 Å². The number of carboxylic acids is 1. The lowest BCUT2D eigenvalue weighted by atomic mass is 10.0. The molecular formula is C21H14N2O4. The Hall–Kier alpha value is -3.93. The molecule has 1 N–H and O–H groups in total. The van der Waals surface area contributed by atoms with Crippen LogP contribution in [-0.2, 0) is 4.79 Å². The molecule has 0 radical (unpaired) electrons. The van der Waals surface area contributed by atoms with Crippen LogP contribution in [0, 0.1) is 0 Å². The van der Waals surface area contributed by atoms with Gasteiger partial charge in [0.15, 0.2) is 0 Å². The Morgan fingerprint density at radius 3 is 2.37 bits per heavy atom. The Bertz CT molecular complexity index is 1050. The third kappa shape index (κ3) is 3.16. The number of carbonyl (C=O) groups excluding carboxylic acids is 1. The van der Waals surface area contributed by atoms with Gasteiger partial charge in [0.2, 0.25) is 0 Å². The molecule has 0 fully saturated rings. The van der Waals surface area contributed by atoms with E-state index in [-0.39, 0.29) is 11.5 Å². The quantitative estimate of drug-likeness (QED) is 0.719. The highest BCUT2D eigenvalue weighted by Gasteiger charge is 2.32. The molecule has 1 aliphatic rings. The van der Waals surface area contributed by atoms with Crippen molar-refractivity contribution in [2.24, 2.45) is 5.10 Å². The monoisotopic (exact) mass is 358 g/mol. The Labute approximate surface area is 154 Å². The average Bonchev–Trinajstić information content (AvgIpc) is 3.32. The number of carboxylic acid groups (broad SMARTS) is 1. The highest BCUT2D eigenvalue weighted by Crippen LogP contribution is 2.28. The van der Waals surface area contributed by atoms with Crippen molar-refractivity contribution in [1.82, 2.24) is 0 Å². The highest BCUT2D eigenvalue weighted by atomic mass is 16.4. The average molecular weight is 358 g/mol. The summed E-state index contributed by atoms with van der Waals surface area (Å²) in [5.41, 5.74) is 2.36. The number of furan rings is 1. The van der Waals surface area contributed by atoms with Crippen LogP contribution in [0.1, 0.15) is 21.7 Å². The molecule has 2 aromatic carbocycles. The summed E-state index contributed by atoms with van der Waals surface area (Å²) in [4.78, 5) is 24.1. The maximum Gasteiger partial charge on any atom is 0.335 e. The van der Waals surface area contributed by atoms with Crippen molar-refractivity contribution in [3.63, 3.8) is 0 Å². The fraction of sp³-hybridized carbons (Fsp3) is 0. The number of carbonyl (C=O) groups is 2. The van der Waals surface area contributed by atoms with Crippen LogP contribution in [0.25, 0.3) is 6.08 Å². The fourth-order valence-electron chi connectivity index (χ4n) is 2.79. The molecular weight excluding hydrogens is 344 g/mol. The summed E-state index contributed by atoms with van der Waals surface area (Å²) in [7, 11) is 0. The van der Waals surface area contributed by atoms with E-state index in [1.54, 1.807) is 30.3 Å². The topological polar surface area (TPSA) is 83.1 Å². The second-order valence-corrected chi connectivity index (χ2v) is 5.86. The van der Waals surface area contributed by atoms with Crippen molar-refractivity contribution >= 4 is 29.4 Å². The van der Waals surface area contributed by atoms with Crippen LogP contribution in [0.5, 0.6) is 0 Å². The first-order valence-corrected chi connectivity index (χ1v) is 8.21. The third-order valence-electron chi connectivity index (χ3n) is 4.11. The van der Waals surface area contributed by atoms with E-state index in [9.17, 15) is 9.59 Å². The smallest absolute Gasteiger partial charge is 0.335 e. The lowest BCUT2D eigenvalue weighted by Crippen LogP contribution is -2.21. The Morgan fingerprint density at radius 2 is 1.74 bits per heavy atom. The van der Waals surface area contributed by atoms with Gasteiger partial charge in [0.25, 0.3) is 5.91 Å². The molecule has 6 heteroatoms. The molecule has 6 nitrogen and oxygen atoms in total. The van der Waals surface area contributed by atoms with Gasteiger partial charge in [0, 0.05) is 5.56 Å². The molecule has 4 rings (SSSR count). The van der Waals surface area contributed by atoms with Gasteiger partial charge in [0.05, 0.1) is 23.1 Å². The van der Waals surface area contributed by atoms with Crippen LogP contribution < -0.4 is 5.01 Å². The van der Waals surface area contributed by atoms with Gasteiger partial charge in [-0.15, -0.1) is 0 Å². The largest absolute Gasteiger partial charge is 0.478 e. The van der Waals surface area contributed by atoms with Gasteiger partial charge in [-0.2, -0.15) is 10.1 Å². The molecule has 0 unspecified atom stereocenters. The number of anilines is 1. The normalized spacial score (nSPS) is 15.3. The first kappa shape index (κ1) is 16.5. The summed E-state index contributed by atoms with van der Waals surface area (Å²) < 4.78 is 5.34. The summed E-state index contributed by atoms with van der Waals surface area (Å²) in [6.07, 6.45) is 3.19. The van der Waals surface area contributed by atoms with Crippen LogP contribution >= 0.6 is 0 Å². The first-order valence-electron chi connectivity index (χ1n) is 8.21. The molecule has 0 atom stereocenters. The third-order valence-corrected chi connectivity index (χ3v) is 4.11. The number of aromatic carboxylic acids is 1. The standard InChI is InChI=1S/C21H14N2O4/c24-20-18(13-17-7-4-12-27-17)19(14-5-2-1-3-6-14)22-23(20)16-10-8-15(9-11-16)21(25)26/h1-13H,(H,25,26)/b18-13-. The number of rotatable bonds is 4. The first-order chi connectivity index (χ1) is 13.1. The van der Waals surface area contributed by atoms with E-state index in [0.29, 0.717) is 22.7 Å². The lowest BCUT2D eigenvalue weighted by Gasteiger charge is -2.11. The number of amides is 1. The van der Waals surface area contributed by atoms with Gasteiger partial charge in [0.1, 0.15) is 11.5 Å². The second kappa shape index (κ2) is 6.76. The van der Waals surface area contributed by atoms with E-state index < -0.39 is 5.97 Å². The summed E-state index contributed by atoms with van der Waals surface area (Å²) in [6.45, 7) is 0. The van der Waals surface area contributed by atoms with Gasteiger partial charge >= 0.3 is 5.97 Å². The second-order valence-electron chi connectivity index (χ2n) is 5.86. The zero-order valence-corrected chi connectivity index (χ0v) is 14.1. The minimum atomic E-state index is -1.03. The SMILES string of the molecule is O=C(O)c1ccc(N2N=C(c3ccccc3)/C(=C/c3ccco3)C2=O)cc1. The molecule has 132 valence electrons. The Morgan fingerprint density at radius 1 is 1.00 bits per heavy atom. The number of benzene rings is 2. The van der Waals surface area contributed by atoms with Crippen molar-refractivity contribution in [3.05, 3.63) is 95.5 Å². The summed E-state index contributed by atoms with van der Waals surface area (Å²) in [6, 6.07) is 18.9. The maximum atomic E-state index is 13.0. The van der Waals surface area contributed by atoms with Crippen molar-refractivity contribution in [2.45, 2.75) is 0 Å². The Kier molecular flexibility index (Phi) is 4.14. The Balaban J connectivity index is 1.78. The highest BCUT2D eigenvalue weighted by molar-refractivity contribution is 6.37. The minimum Gasteiger partial charge on any atom is -0.478 e. The molecule has 0 saturated carbocycles. The van der Waals surface area contributed by atoms with Gasteiger partial charge in [-0.25, -0.2) is 4.79 Å². The van der Waals surface area contributed by atoms with E-state index in [1.807, 2.05) is 30.3 Å². The fourth-order valence-corrected chi connectivity index (χ4v) is 2.79.